The summed E-state index contributed by atoms with van der Waals surface area (Å²) in [5, 5.41) is 3.31. The average molecular weight is 167 g/mol. The van der Waals surface area contributed by atoms with Gasteiger partial charge < -0.3 is 0 Å². The summed E-state index contributed by atoms with van der Waals surface area (Å²) >= 11 is 1.89. The van der Waals surface area contributed by atoms with E-state index in [1.807, 2.05) is 17.8 Å². The molecule has 1 saturated heterocycles. The fraction of sp³-hybridized carbons (Fsp3) is 0.429. The minimum absolute atomic E-state index is 0.362. The Morgan fingerprint density at radius 1 is 1.45 bits per heavy atom. The smallest absolute Gasteiger partial charge is 0.145 e. The van der Waals surface area contributed by atoms with Gasteiger partial charge in [-0.05, 0) is 6.07 Å². The van der Waals surface area contributed by atoms with Gasteiger partial charge >= 0.3 is 0 Å². The summed E-state index contributed by atoms with van der Waals surface area (Å²) < 4.78 is 0. The van der Waals surface area contributed by atoms with Crippen molar-refractivity contribution in [2.45, 2.75) is 6.04 Å². The molecule has 0 aromatic carbocycles. The minimum atomic E-state index is 0.362. The van der Waals surface area contributed by atoms with Gasteiger partial charge in [-0.3, -0.25) is 5.32 Å². The van der Waals surface area contributed by atoms with Crippen molar-refractivity contribution < 1.29 is 0 Å². The van der Waals surface area contributed by atoms with Crippen molar-refractivity contribution in [2.24, 2.45) is 0 Å². The van der Waals surface area contributed by atoms with Gasteiger partial charge in [0.25, 0.3) is 0 Å². The molecule has 1 aromatic rings. The van der Waals surface area contributed by atoms with Crippen LogP contribution in [0.1, 0.15) is 11.9 Å². The van der Waals surface area contributed by atoms with Crippen LogP contribution in [0.25, 0.3) is 0 Å². The molecule has 1 atom stereocenters. The molecule has 3 nitrogen and oxygen atoms in total. The lowest BCUT2D eigenvalue weighted by atomic mass is 10.3. The van der Waals surface area contributed by atoms with E-state index in [0.717, 1.165) is 17.5 Å². The first-order chi connectivity index (χ1) is 5.47. The monoisotopic (exact) mass is 167 g/mol. The summed E-state index contributed by atoms with van der Waals surface area (Å²) in [7, 11) is 0. The van der Waals surface area contributed by atoms with Crippen LogP contribution in [0.2, 0.25) is 0 Å². The molecule has 2 heterocycles. The number of nitrogens with zero attached hydrogens (tertiary/aromatic N) is 2. The highest BCUT2D eigenvalue weighted by Crippen LogP contribution is 2.20. The molecule has 2 rings (SSSR count). The molecule has 0 aliphatic carbocycles. The summed E-state index contributed by atoms with van der Waals surface area (Å²) in [6.45, 7) is 0. The highest BCUT2D eigenvalue weighted by Gasteiger charge is 2.17. The van der Waals surface area contributed by atoms with Gasteiger partial charge in [0.05, 0.1) is 6.04 Å². The molecule has 11 heavy (non-hydrogen) atoms. The molecule has 58 valence electrons. The molecular weight excluding hydrogens is 158 g/mol. The summed E-state index contributed by atoms with van der Waals surface area (Å²) in [5.41, 5.74) is 0. The van der Waals surface area contributed by atoms with Crippen molar-refractivity contribution in [1.82, 2.24) is 15.3 Å². The standard InChI is InChI=1S/C7H9N3S/c1-2-8-7(9-3-1)6-4-11-5-10-6/h1-3,6,10H,4-5H2. The van der Waals surface area contributed by atoms with E-state index in [4.69, 9.17) is 0 Å². The molecule has 0 saturated carbocycles. The van der Waals surface area contributed by atoms with E-state index >= 15 is 0 Å². The van der Waals surface area contributed by atoms with Crippen LogP contribution in [0, 0.1) is 0 Å². The first-order valence-electron chi connectivity index (χ1n) is 3.55. The number of nitrogens with one attached hydrogen (secondary N) is 1. The van der Waals surface area contributed by atoms with E-state index < -0.39 is 0 Å². The first kappa shape index (κ1) is 7.06. The van der Waals surface area contributed by atoms with Gasteiger partial charge in [-0.15, -0.1) is 11.8 Å². The molecule has 1 aliphatic heterocycles. The van der Waals surface area contributed by atoms with Crippen LogP contribution in [0.3, 0.4) is 0 Å². The maximum atomic E-state index is 4.17. The fourth-order valence-electron chi connectivity index (χ4n) is 1.05. The summed E-state index contributed by atoms with van der Waals surface area (Å²) in [5.74, 6) is 3.02. The molecule has 1 aliphatic rings. The molecule has 0 radical (unpaired) electrons. The number of thioether (sulfide) groups is 1. The lowest BCUT2D eigenvalue weighted by Crippen LogP contribution is -2.17. The third-order valence-electron chi connectivity index (χ3n) is 1.61. The third kappa shape index (κ3) is 1.52. The summed E-state index contributed by atoms with van der Waals surface area (Å²) in [4.78, 5) is 8.35. The van der Waals surface area contributed by atoms with E-state index in [9.17, 15) is 0 Å². The maximum Gasteiger partial charge on any atom is 0.145 e. The Hall–Kier alpha value is -0.610. The normalized spacial score (nSPS) is 23.8. The van der Waals surface area contributed by atoms with E-state index in [-0.39, 0.29) is 0 Å². The average Bonchev–Trinajstić information content (AvgIpc) is 2.58. The van der Waals surface area contributed by atoms with E-state index in [0.29, 0.717) is 6.04 Å². The minimum Gasteiger partial charge on any atom is -0.298 e. The zero-order chi connectivity index (χ0) is 7.52. The van der Waals surface area contributed by atoms with Crippen molar-refractivity contribution in [3.63, 3.8) is 0 Å². The molecule has 4 heteroatoms. The van der Waals surface area contributed by atoms with Crippen molar-refractivity contribution in [3.8, 4) is 0 Å². The topological polar surface area (TPSA) is 37.8 Å². The van der Waals surface area contributed by atoms with E-state index in [2.05, 4.69) is 15.3 Å². The fourth-order valence-corrected chi connectivity index (χ4v) is 1.99. The van der Waals surface area contributed by atoms with Crippen molar-refractivity contribution >= 4 is 11.8 Å². The Morgan fingerprint density at radius 3 is 2.91 bits per heavy atom. The van der Waals surface area contributed by atoms with Gasteiger partial charge in [0.1, 0.15) is 5.82 Å². The van der Waals surface area contributed by atoms with Crippen LogP contribution in [0.5, 0.6) is 0 Å². The second-order valence-electron chi connectivity index (χ2n) is 2.38. The molecule has 0 spiro atoms. The highest BCUT2D eigenvalue weighted by molar-refractivity contribution is 7.99. The quantitative estimate of drug-likeness (QED) is 0.671. The van der Waals surface area contributed by atoms with E-state index in [1.165, 1.54) is 0 Å². The molecule has 1 aromatic heterocycles. The van der Waals surface area contributed by atoms with Crippen LogP contribution >= 0.6 is 11.8 Å². The van der Waals surface area contributed by atoms with E-state index in [1.54, 1.807) is 12.4 Å². The Bertz CT molecular complexity index is 220. The molecular formula is C7H9N3S. The Kier molecular flexibility index (Phi) is 2.05. The van der Waals surface area contributed by atoms with Gasteiger partial charge in [0.15, 0.2) is 0 Å². The van der Waals surface area contributed by atoms with Gasteiger partial charge in [-0.1, -0.05) is 0 Å². The van der Waals surface area contributed by atoms with Crippen LogP contribution in [0.15, 0.2) is 18.5 Å². The molecule has 1 fully saturated rings. The summed E-state index contributed by atoms with van der Waals surface area (Å²) in [6.07, 6.45) is 3.57. The lowest BCUT2D eigenvalue weighted by molar-refractivity contribution is 0.632. The molecule has 1 unspecified atom stereocenters. The second-order valence-corrected chi connectivity index (χ2v) is 3.41. The summed E-state index contributed by atoms with van der Waals surface area (Å²) in [6, 6.07) is 2.20. The molecule has 0 amide bonds. The lowest BCUT2D eigenvalue weighted by Gasteiger charge is -2.05. The predicted octanol–water partition coefficient (Wildman–Crippen LogP) is 0.812. The molecule has 1 N–H and O–H groups in total. The van der Waals surface area contributed by atoms with Gasteiger partial charge in [0, 0.05) is 24.0 Å². The predicted molar refractivity (Wildman–Crippen MR) is 45.2 cm³/mol. The SMILES string of the molecule is c1cnc(C2CSCN2)nc1. The number of aromatic nitrogens is 2. The Balaban J connectivity index is 2.16. The zero-order valence-corrected chi connectivity index (χ0v) is 6.84. The van der Waals surface area contributed by atoms with Crippen LogP contribution in [-0.4, -0.2) is 21.6 Å². The number of hydrogen-bond acceptors (Lipinski definition) is 4. The van der Waals surface area contributed by atoms with Crippen molar-refractivity contribution in [3.05, 3.63) is 24.3 Å². The second kappa shape index (κ2) is 3.19. The van der Waals surface area contributed by atoms with Gasteiger partial charge in [0.2, 0.25) is 0 Å². The van der Waals surface area contributed by atoms with Crippen LogP contribution < -0.4 is 5.32 Å². The largest absolute Gasteiger partial charge is 0.298 e. The Labute approximate surface area is 69.6 Å². The van der Waals surface area contributed by atoms with Crippen molar-refractivity contribution in [1.29, 1.82) is 0 Å². The number of hydrogen-bond donors (Lipinski definition) is 1. The highest BCUT2D eigenvalue weighted by atomic mass is 32.2. The van der Waals surface area contributed by atoms with Gasteiger partial charge in [-0.2, -0.15) is 0 Å². The number of rotatable bonds is 1. The van der Waals surface area contributed by atoms with Crippen LogP contribution in [-0.2, 0) is 0 Å². The molecule has 0 bridgehead atoms. The van der Waals surface area contributed by atoms with Crippen molar-refractivity contribution in [2.75, 3.05) is 11.6 Å². The van der Waals surface area contributed by atoms with Gasteiger partial charge in [-0.25, -0.2) is 9.97 Å². The maximum absolute atomic E-state index is 4.17. The first-order valence-corrected chi connectivity index (χ1v) is 4.70. The third-order valence-corrected chi connectivity index (χ3v) is 2.55. The van der Waals surface area contributed by atoms with Crippen LogP contribution in [0.4, 0.5) is 0 Å². The zero-order valence-electron chi connectivity index (χ0n) is 6.03. The Morgan fingerprint density at radius 2 is 2.27 bits per heavy atom.